The van der Waals surface area contributed by atoms with E-state index in [0.717, 1.165) is 27.3 Å². The molecule has 0 amide bonds. The van der Waals surface area contributed by atoms with E-state index in [4.69, 9.17) is 0 Å². The van der Waals surface area contributed by atoms with Crippen LogP contribution < -0.4 is 5.32 Å². The fourth-order valence-corrected chi connectivity index (χ4v) is 3.85. The Morgan fingerprint density at radius 2 is 2.14 bits per heavy atom. The van der Waals surface area contributed by atoms with Gasteiger partial charge in [0.25, 0.3) is 0 Å². The van der Waals surface area contributed by atoms with Crippen molar-refractivity contribution >= 4 is 21.4 Å². The van der Waals surface area contributed by atoms with E-state index in [0.29, 0.717) is 6.04 Å². The van der Waals surface area contributed by atoms with E-state index in [1.807, 2.05) is 29.0 Å². The van der Waals surface area contributed by atoms with E-state index in [2.05, 4.69) is 27.3 Å². The minimum atomic E-state index is 0.560. The molecule has 4 rings (SSSR count). The Hall–Kier alpha value is -1.95. The third-order valence-corrected chi connectivity index (χ3v) is 5.20. The SMILES string of the molecule is CC1CCC(Nc2nn3cc(-c4cccnc4)nc3s2)CC1. The first-order valence-corrected chi connectivity index (χ1v) is 8.63. The number of pyridine rings is 1. The number of nitrogens with zero attached hydrogens (tertiary/aromatic N) is 4. The number of fused-ring (bicyclic) bond motifs is 1. The van der Waals surface area contributed by atoms with Crippen molar-refractivity contribution in [3.05, 3.63) is 30.7 Å². The molecule has 0 saturated heterocycles. The summed E-state index contributed by atoms with van der Waals surface area (Å²) in [5.74, 6) is 0.869. The van der Waals surface area contributed by atoms with Gasteiger partial charge in [-0.15, -0.1) is 5.10 Å². The Morgan fingerprint density at radius 3 is 2.86 bits per heavy atom. The molecule has 1 saturated carbocycles. The third kappa shape index (κ3) is 2.70. The molecule has 3 heterocycles. The van der Waals surface area contributed by atoms with Crippen molar-refractivity contribution in [1.82, 2.24) is 19.6 Å². The standard InChI is InChI=1S/C16H19N5S/c1-11-4-6-13(7-5-11)18-15-20-21-10-14(19-16(21)22-15)12-3-2-8-17-9-12/h2-3,8-11,13H,4-7H2,1H3,(H,18,20). The van der Waals surface area contributed by atoms with Crippen LogP contribution in [-0.4, -0.2) is 25.6 Å². The number of aromatic nitrogens is 4. The first-order chi connectivity index (χ1) is 10.8. The number of imidazole rings is 1. The summed E-state index contributed by atoms with van der Waals surface area (Å²) >= 11 is 1.62. The normalized spacial score (nSPS) is 22.0. The Morgan fingerprint density at radius 1 is 1.27 bits per heavy atom. The first kappa shape index (κ1) is 13.7. The maximum Gasteiger partial charge on any atom is 0.214 e. The molecule has 0 aromatic carbocycles. The summed E-state index contributed by atoms with van der Waals surface area (Å²) in [6.45, 7) is 2.34. The van der Waals surface area contributed by atoms with Gasteiger partial charge in [-0.2, -0.15) is 0 Å². The maximum absolute atomic E-state index is 4.65. The summed E-state index contributed by atoms with van der Waals surface area (Å²) in [6, 6.07) is 4.50. The Labute approximate surface area is 133 Å². The highest BCUT2D eigenvalue weighted by atomic mass is 32.1. The molecule has 0 radical (unpaired) electrons. The highest BCUT2D eigenvalue weighted by Gasteiger charge is 2.19. The van der Waals surface area contributed by atoms with Crippen LogP contribution in [0.5, 0.6) is 0 Å². The van der Waals surface area contributed by atoms with E-state index >= 15 is 0 Å². The zero-order valence-electron chi connectivity index (χ0n) is 12.6. The van der Waals surface area contributed by atoms with Crippen molar-refractivity contribution in [2.24, 2.45) is 5.92 Å². The second kappa shape index (κ2) is 5.68. The first-order valence-electron chi connectivity index (χ1n) is 7.81. The van der Waals surface area contributed by atoms with Gasteiger partial charge in [0.2, 0.25) is 10.1 Å². The molecule has 6 heteroatoms. The molecular weight excluding hydrogens is 294 g/mol. The number of nitrogens with one attached hydrogen (secondary N) is 1. The van der Waals surface area contributed by atoms with Gasteiger partial charge in [-0.3, -0.25) is 4.98 Å². The number of hydrogen-bond acceptors (Lipinski definition) is 5. The van der Waals surface area contributed by atoms with Crippen LogP contribution in [0, 0.1) is 5.92 Å². The smallest absolute Gasteiger partial charge is 0.214 e. The van der Waals surface area contributed by atoms with Gasteiger partial charge >= 0.3 is 0 Å². The molecule has 0 atom stereocenters. The topological polar surface area (TPSA) is 55.1 Å². The van der Waals surface area contributed by atoms with Gasteiger partial charge in [0, 0.05) is 24.0 Å². The Bertz CT molecular complexity index is 724. The molecule has 1 aliphatic carbocycles. The largest absolute Gasteiger partial charge is 0.357 e. The molecule has 22 heavy (non-hydrogen) atoms. The van der Waals surface area contributed by atoms with E-state index in [1.165, 1.54) is 25.7 Å². The van der Waals surface area contributed by atoms with Crippen LogP contribution in [0.3, 0.4) is 0 Å². The molecule has 0 bridgehead atoms. The van der Waals surface area contributed by atoms with Crippen LogP contribution in [0.2, 0.25) is 0 Å². The van der Waals surface area contributed by atoms with E-state index < -0.39 is 0 Å². The van der Waals surface area contributed by atoms with Crippen molar-refractivity contribution < 1.29 is 0 Å². The van der Waals surface area contributed by atoms with Gasteiger partial charge in [0.15, 0.2) is 0 Å². The molecule has 1 fully saturated rings. The average molecular weight is 313 g/mol. The predicted octanol–water partition coefficient (Wildman–Crippen LogP) is 3.84. The Balaban J connectivity index is 1.51. The molecule has 3 aromatic rings. The van der Waals surface area contributed by atoms with Gasteiger partial charge in [0.1, 0.15) is 0 Å². The lowest BCUT2D eigenvalue weighted by Crippen LogP contribution is -2.25. The van der Waals surface area contributed by atoms with Crippen molar-refractivity contribution in [1.29, 1.82) is 0 Å². The number of anilines is 1. The molecule has 114 valence electrons. The maximum atomic E-state index is 4.65. The van der Waals surface area contributed by atoms with Crippen LogP contribution in [0.25, 0.3) is 16.2 Å². The quantitative estimate of drug-likeness (QED) is 0.798. The third-order valence-electron chi connectivity index (χ3n) is 4.34. The van der Waals surface area contributed by atoms with E-state index in [1.54, 1.807) is 17.5 Å². The summed E-state index contributed by atoms with van der Waals surface area (Å²) in [5, 5.41) is 9.16. The van der Waals surface area contributed by atoms with Gasteiger partial charge in [-0.1, -0.05) is 18.3 Å². The highest BCUT2D eigenvalue weighted by molar-refractivity contribution is 7.20. The molecule has 1 aliphatic rings. The van der Waals surface area contributed by atoms with Crippen LogP contribution in [0.15, 0.2) is 30.7 Å². The number of hydrogen-bond donors (Lipinski definition) is 1. The van der Waals surface area contributed by atoms with E-state index in [9.17, 15) is 0 Å². The van der Waals surface area contributed by atoms with Gasteiger partial charge in [-0.05, 0) is 43.7 Å². The molecule has 1 N–H and O–H groups in total. The molecule has 0 aliphatic heterocycles. The minimum Gasteiger partial charge on any atom is -0.357 e. The lowest BCUT2D eigenvalue weighted by molar-refractivity contribution is 0.361. The summed E-state index contributed by atoms with van der Waals surface area (Å²) in [6.07, 6.45) is 10.7. The minimum absolute atomic E-state index is 0.560. The summed E-state index contributed by atoms with van der Waals surface area (Å²) in [7, 11) is 0. The Kier molecular flexibility index (Phi) is 3.54. The van der Waals surface area contributed by atoms with Gasteiger partial charge in [0.05, 0.1) is 11.9 Å². The lowest BCUT2D eigenvalue weighted by Gasteiger charge is -2.26. The highest BCUT2D eigenvalue weighted by Crippen LogP contribution is 2.28. The number of rotatable bonds is 3. The fraction of sp³-hybridized carbons (Fsp3) is 0.438. The van der Waals surface area contributed by atoms with Crippen LogP contribution in [0.1, 0.15) is 32.6 Å². The van der Waals surface area contributed by atoms with E-state index in [-0.39, 0.29) is 0 Å². The predicted molar refractivity (Wildman–Crippen MR) is 89.1 cm³/mol. The van der Waals surface area contributed by atoms with Crippen molar-refractivity contribution in [2.75, 3.05) is 5.32 Å². The van der Waals surface area contributed by atoms with Gasteiger partial charge < -0.3 is 5.32 Å². The molecule has 0 unspecified atom stereocenters. The molecular formula is C16H19N5S. The van der Waals surface area contributed by atoms with Gasteiger partial charge in [-0.25, -0.2) is 9.50 Å². The van der Waals surface area contributed by atoms with Crippen LogP contribution >= 0.6 is 11.3 Å². The van der Waals surface area contributed by atoms with Crippen LogP contribution in [0.4, 0.5) is 5.13 Å². The van der Waals surface area contributed by atoms with Crippen molar-refractivity contribution in [2.45, 2.75) is 38.6 Å². The monoisotopic (exact) mass is 313 g/mol. The molecule has 0 spiro atoms. The van der Waals surface area contributed by atoms with Crippen molar-refractivity contribution in [3.63, 3.8) is 0 Å². The second-order valence-corrected chi connectivity index (χ2v) is 7.06. The molecule has 3 aromatic heterocycles. The lowest BCUT2D eigenvalue weighted by atomic mass is 9.87. The zero-order chi connectivity index (χ0) is 14.9. The zero-order valence-corrected chi connectivity index (χ0v) is 13.4. The average Bonchev–Trinajstić information content (AvgIpc) is 3.09. The summed E-state index contributed by atoms with van der Waals surface area (Å²) < 4.78 is 1.86. The second-order valence-electron chi connectivity index (χ2n) is 6.10. The summed E-state index contributed by atoms with van der Waals surface area (Å²) in [4.78, 5) is 9.71. The summed E-state index contributed by atoms with van der Waals surface area (Å²) in [5.41, 5.74) is 1.95. The van der Waals surface area contributed by atoms with Crippen LogP contribution in [-0.2, 0) is 0 Å². The molecule has 5 nitrogen and oxygen atoms in total. The van der Waals surface area contributed by atoms with Crippen molar-refractivity contribution in [3.8, 4) is 11.3 Å². The fourth-order valence-electron chi connectivity index (χ4n) is 2.99.